The van der Waals surface area contributed by atoms with Gasteiger partial charge in [0.25, 0.3) is 0 Å². The Kier molecular flexibility index (Phi) is 7.35. The number of hydrogen-bond acceptors (Lipinski definition) is 3. The number of alkyl halides is 2. The summed E-state index contributed by atoms with van der Waals surface area (Å²) in [7, 11) is 0. The highest BCUT2D eigenvalue weighted by Crippen LogP contribution is 2.29. The van der Waals surface area contributed by atoms with E-state index >= 15 is 0 Å². The number of anilines is 2. The summed E-state index contributed by atoms with van der Waals surface area (Å²) in [5, 5.41) is 11.9. The highest BCUT2D eigenvalue weighted by atomic mass is 35.5. The fourth-order valence-corrected chi connectivity index (χ4v) is 3.80. The standard InChI is InChI=1S/C21H20Cl2F2N4OS/c1-11-7-8-18(30-20(24)25)17(9-11)26-21(31)27-19-12(2)28-29(13(19)3)10-14-15(22)5-4-6-16(14)23/h4-9,20H,10H2,1-3H3,(H2,26,27,31). The smallest absolute Gasteiger partial charge is 0.387 e. The zero-order chi connectivity index (χ0) is 22.7. The molecule has 3 rings (SSSR count). The number of aryl methyl sites for hydroxylation is 2. The fraction of sp³-hybridized carbons (Fsp3) is 0.238. The topological polar surface area (TPSA) is 51.1 Å². The molecule has 0 atom stereocenters. The molecule has 0 spiro atoms. The third-order valence-electron chi connectivity index (χ3n) is 4.59. The normalized spacial score (nSPS) is 11.0. The van der Waals surface area contributed by atoms with Crippen molar-refractivity contribution < 1.29 is 13.5 Å². The van der Waals surface area contributed by atoms with Crippen LogP contribution >= 0.6 is 35.4 Å². The Hall–Kier alpha value is -2.42. The number of rotatable bonds is 6. The number of nitrogens with zero attached hydrogens (tertiary/aromatic N) is 2. The molecule has 2 aromatic carbocycles. The number of halogens is 4. The fourth-order valence-electron chi connectivity index (χ4n) is 3.07. The molecule has 0 fully saturated rings. The van der Waals surface area contributed by atoms with E-state index in [2.05, 4.69) is 20.5 Å². The van der Waals surface area contributed by atoms with Gasteiger partial charge in [0.1, 0.15) is 5.75 Å². The number of thiocarbonyl (C=S) groups is 1. The molecule has 164 valence electrons. The van der Waals surface area contributed by atoms with Crippen molar-refractivity contribution in [2.45, 2.75) is 33.9 Å². The summed E-state index contributed by atoms with van der Waals surface area (Å²) in [5.41, 5.74) is 4.18. The van der Waals surface area contributed by atoms with Crippen LogP contribution in [0, 0.1) is 20.8 Å². The van der Waals surface area contributed by atoms with E-state index in [1.165, 1.54) is 6.07 Å². The lowest BCUT2D eigenvalue weighted by Crippen LogP contribution is -2.21. The Bertz CT molecular complexity index is 1100. The molecule has 5 nitrogen and oxygen atoms in total. The first kappa shape index (κ1) is 23.2. The zero-order valence-corrected chi connectivity index (χ0v) is 19.3. The first-order valence-electron chi connectivity index (χ1n) is 9.26. The second-order valence-electron chi connectivity index (χ2n) is 6.86. The van der Waals surface area contributed by atoms with Crippen LogP contribution in [0.2, 0.25) is 10.0 Å². The molecule has 0 amide bonds. The first-order valence-corrected chi connectivity index (χ1v) is 10.4. The molecule has 3 aromatic rings. The summed E-state index contributed by atoms with van der Waals surface area (Å²) < 4.78 is 31.7. The van der Waals surface area contributed by atoms with Gasteiger partial charge in [0, 0.05) is 15.6 Å². The van der Waals surface area contributed by atoms with E-state index in [9.17, 15) is 8.78 Å². The van der Waals surface area contributed by atoms with E-state index < -0.39 is 6.61 Å². The van der Waals surface area contributed by atoms with Crippen LogP contribution in [0.25, 0.3) is 0 Å². The number of nitrogens with one attached hydrogen (secondary N) is 2. The van der Waals surface area contributed by atoms with Crippen molar-refractivity contribution in [3.63, 3.8) is 0 Å². The average molecular weight is 485 g/mol. The lowest BCUT2D eigenvalue weighted by Gasteiger charge is -2.15. The molecular weight excluding hydrogens is 465 g/mol. The Morgan fingerprint density at radius 1 is 1.13 bits per heavy atom. The van der Waals surface area contributed by atoms with Gasteiger partial charge in [-0.3, -0.25) is 4.68 Å². The Balaban J connectivity index is 1.80. The minimum Gasteiger partial charge on any atom is -0.433 e. The molecular formula is C21H20Cl2F2N4OS. The Morgan fingerprint density at radius 3 is 2.45 bits per heavy atom. The SMILES string of the molecule is Cc1ccc(OC(F)F)c(NC(=S)Nc2c(C)nn(Cc3c(Cl)cccc3Cl)c2C)c1. The summed E-state index contributed by atoms with van der Waals surface area (Å²) in [6, 6.07) is 10.1. The van der Waals surface area contributed by atoms with Gasteiger partial charge < -0.3 is 15.4 Å². The van der Waals surface area contributed by atoms with E-state index in [4.69, 9.17) is 35.4 Å². The number of aromatic nitrogens is 2. The highest BCUT2D eigenvalue weighted by Gasteiger charge is 2.17. The number of hydrogen-bond donors (Lipinski definition) is 2. The van der Waals surface area contributed by atoms with Crippen LogP contribution in [-0.2, 0) is 6.54 Å². The third-order valence-corrected chi connectivity index (χ3v) is 5.50. The molecule has 0 unspecified atom stereocenters. The average Bonchev–Trinajstić information content (AvgIpc) is 2.94. The van der Waals surface area contributed by atoms with Gasteiger partial charge in [0.05, 0.1) is 29.3 Å². The Morgan fingerprint density at radius 2 is 1.81 bits per heavy atom. The van der Waals surface area contributed by atoms with Gasteiger partial charge >= 0.3 is 6.61 Å². The van der Waals surface area contributed by atoms with Crippen LogP contribution in [0.5, 0.6) is 5.75 Å². The van der Waals surface area contributed by atoms with Crippen molar-refractivity contribution in [3.8, 4) is 5.75 Å². The molecule has 0 aliphatic rings. The number of ether oxygens (including phenoxy) is 1. The van der Waals surface area contributed by atoms with Crippen molar-refractivity contribution in [1.82, 2.24) is 9.78 Å². The second-order valence-corrected chi connectivity index (χ2v) is 8.08. The molecule has 2 N–H and O–H groups in total. The Labute approximate surface area is 194 Å². The van der Waals surface area contributed by atoms with E-state index in [0.29, 0.717) is 33.7 Å². The van der Waals surface area contributed by atoms with Crippen molar-refractivity contribution >= 4 is 51.9 Å². The van der Waals surface area contributed by atoms with Gasteiger partial charge in [0.2, 0.25) is 0 Å². The van der Waals surface area contributed by atoms with Crippen molar-refractivity contribution in [2.75, 3.05) is 10.6 Å². The maximum atomic E-state index is 12.7. The zero-order valence-electron chi connectivity index (χ0n) is 17.0. The van der Waals surface area contributed by atoms with Crippen molar-refractivity contribution in [2.24, 2.45) is 0 Å². The highest BCUT2D eigenvalue weighted by molar-refractivity contribution is 7.80. The summed E-state index contributed by atoms with van der Waals surface area (Å²) in [4.78, 5) is 0. The monoisotopic (exact) mass is 484 g/mol. The maximum Gasteiger partial charge on any atom is 0.387 e. The second kappa shape index (κ2) is 9.80. The molecule has 0 aliphatic carbocycles. The van der Waals surface area contributed by atoms with Gasteiger partial charge in [0.15, 0.2) is 5.11 Å². The molecule has 31 heavy (non-hydrogen) atoms. The molecule has 0 saturated heterocycles. The van der Waals surface area contributed by atoms with Crippen LogP contribution in [0.3, 0.4) is 0 Å². The van der Waals surface area contributed by atoms with Crippen LogP contribution < -0.4 is 15.4 Å². The van der Waals surface area contributed by atoms with Crippen LogP contribution in [0.1, 0.15) is 22.5 Å². The van der Waals surface area contributed by atoms with E-state index in [1.54, 1.807) is 35.0 Å². The molecule has 0 bridgehead atoms. The molecule has 1 aromatic heterocycles. The predicted octanol–water partition coefficient (Wildman–Crippen LogP) is 6.57. The summed E-state index contributed by atoms with van der Waals surface area (Å²) in [6.45, 7) is 3.00. The minimum atomic E-state index is -2.94. The molecule has 0 aliphatic heterocycles. The van der Waals surface area contributed by atoms with Gasteiger partial charge in [-0.15, -0.1) is 0 Å². The molecule has 0 radical (unpaired) electrons. The largest absolute Gasteiger partial charge is 0.433 e. The quantitative estimate of drug-likeness (QED) is 0.387. The predicted molar refractivity (Wildman–Crippen MR) is 125 cm³/mol. The lowest BCUT2D eigenvalue weighted by atomic mass is 10.2. The van der Waals surface area contributed by atoms with Crippen molar-refractivity contribution in [3.05, 3.63) is 69.0 Å². The van der Waals surface area contributed by atoms with Crippen LogP contribution in [-0.4, -0.2) is 21.5 Å². The number of benzene rings is 2. The van der Waals surface area contributed by atoms with Gasteiger partial charge in [-0.2, -0.15) is 13.9 Å². The summed E-state index contributed by atoms with van der Waals surface area (Å²) in [6.07, 6.45) is 0. The maximum absolute atomic E-state index is 12.7. The molecule has 0 saturated carbocycles. The van der Waals surface area contributed by atoms with Gasteiger partial charge in [-0.25, -0.2) is 0 Å². The molecule has 10 heteroatoms. The van der Waals surface area contributed by atoms with E-state index in [0.717, 1.165) is 16.8 Å². The van der Waals surface area contributed by atoms with Gasteiger partial charge in [-0.05, 0) is 62.8 Å². The minimum absolute atomic E-state index is 0.00208. The summed E-state index contributed by atoms with van der Waals surface area (Å²) in [5.74, 6) is 0.00208. The van der Waals surface area contributed by atoms with Gasteiger partial charge in [-0.1, -0.05) is 35.3 Å². The molecule has 1 heterocycles. The van der Waals surface area contributed by atoms with E-state index in [-0.39, 0.29) is 10.9 Å². The van der Waals surface area contributed by atoms with Crippen molar-refractivity contribution in [1.29, 1.82) is 0 Å². The van der Waals surface area contributed by atoms with E-state index in [1.807, 2.05) is 20.8 Å². The first-order chi connectivity index (χ1) is 14.7. The van der Waals surface area contributed by atoms with Crippen LogP contribution in [0.4, 0.5) is 20.2 Å². The third kappa shape index (κ3) is 5.64. The van der Waals surface area contributed by atoms with Crippen LogP contribution in [0.15, 0.2) is 36.4 Å². The summed E-state index contributed by atoms with van der Waals surface area (Å²) >= 11 is 17.9. The lowest BCUT2D eigenvalue weighted by molar-refractivity contribution is -0.0493.